The third-order valence-electron chi connectivity index (χ3n) is 3.79. The molecular weight excluding hydrogens is 365 g/mol. The van der Waals surface area contributed by atoms with Crippen molar-refractivity contribution in [3.05, 3.63) is 73.3 Å². The van der Waals surface area contributed by atoms with Gasteiger partial charge in [0.05, 0.1) is 20.9 Å². The summed E-state index contributed by atoms with van der Waals surface area (Å²) in [5.74, 6) is -0.527. The quantitative estimate of drug-likeness (QED) is 0.734. The number of nitrogens with one attached hydrogen (secondary N) is 2. The van der Waals surface area contributed by atoms with E-state index in [9.17, 15) is 14.4 Å². The molecule has 1 heterocycles. The Kier molecular flexibility index (Phi) is 4.65. The van der Waals surface area contributed by atoms with Gasteiger partial charge in [0.15, 0.2) is 0 Å². The van der Waals surface area contributed by atoms with Crippen LogP contribution in [0.1, 0.15) is 13.0 Å². The first-order chi connectivity index (χ1) is 11.9. The molecule has 0 spiro atoms. The van der Waals surface area contributed by atoms with E-state index in [1.54, 1.807) is 36.4 Å². The molecule has 1 aromatic heterocycles. The lowest BCUT2D eigenvalue weighted by Crippen LogP contribution is -2.41. The summed E-state index contributed by atoms with van der Waals surface area (Å²) in [6, 6.07) is 10.2. The topological polar surface area (TPSA) is 84.0 Å². The van der Waals surface area contributed by atoms with Crippen LogP contribution in [0, 0.1) is 0 Å². The number of benzene rings is 2. The molecule has 0 unspecified atom stereocenters. The smallest absolute Gasteiger partial charge is 0.324 e. The van der Waals surface area contributed by atoms with Crippen LogP contribution in [0.5, 0.6) is 0 Å². The van der Waals surface area contributed by atoms with E-state index >= 15 is 0 Å². The maximum Gasteiger partial charge on any atom is 0.329 e. The second kappa shape index (κ2) is 6.74. The zero-order chi connectivity index (χ0) is 18.1. The van der Waals surface area contributed by atoms with Crippen molar-refractivity contribution in [2.45, 2.75) is 13.0 Å². The highest BCUT2D eigenvalue weighted by Crippen LogP contribution is 2.25. The molecule has 1 amide bonds. The Morgan fingerprint density at radius 1 is 1.12 bits per heavy atom. The molecular formula is C17H13Cl2N3O3. The number of carbonyl (C=O) groups is 1. The average molecular weight is 378 g/mol. The highest BCUT2D eigenvalue weighted by molar-refractivity contribution is 6.42. The molecule has 128 valence electrons. The molecule has 3 aromatic rings. The summed E-state index contributed by atoms with van der Waals surface area (Å²) in [6.07, 6.45) is 0. The SMILES string of the molecule is C[C@@H](C(=O)Nc1ccc(Cl)c(Cl)c1)n1c(=O)[nH]c2ccccc2c1=O. The maximum absolute atomic E-state index is 12.6. The van der Waals surface area contributed by atoms with Crippen LogP contribution in [-0.2, 0) is 4.79 Å². The number of anilines is 1. The number of aromatic amines is 1. The predicted molar refractivity (Wildman–Crippen MR) is 98.6 cm³/mol. The first kappa shape index (κ1) is 17.3. The molecule has 0 aliphatic rings. The fourth-order valence-corrected chi connectivity index (χ4v) is 2.76. The van der Waals surface area contributed by atoms with Gasteiger partial charge < -0.3 is 10.3 Å². The number of nitrogens with zero attached hydrogens (tertiary/aromatic N) is 1. The highest BCUT2D eigenvalue weighted by Gasteiger charge is 2.20. The molecule has 0 fully saturated rings. The van der Waals surface area contributed by atoms with Gasteiger partial charge in [-0.15, -0.1) is 0 Å². The molecule has 1 atom stereocenters. The van der Waals surface area contributed by atoms with Gasteiger partial charge in [0.1, 0.15) is 6.04 Å². The Balaban J connectivity index is 1.97. The van der Waals surface area contributed by atoms with Crippen molar-refractivity contribution in [3.63, 3.8) is 0 Å². The number of fused-ring (bicyclic) bond motifs is 1. The minimum atomic E-state index is -1.02. The van der Waals surface area contributed by atoms with E-state index < -0.39 is 23.2 Å². The van der Waals surface area contributed by atoms with Crippen molar-refractivity contribution in [3.8, 4) is 0 Å². The van der Waals surface area contributed by atoms with Gasteiger partial charge in [-0.1, -0.05) is 35.3 Å². The first-order valence-corrected chi connectivity index (χ1v) is 8.13. The summed E-state index contributed by atoms with van der Waals surface area (Å²) in [5, 5.41) is 3.59. The lowest BCUT2D eigenvalue weighted by atomic mass is 10.2. The van der Waals surface area contributed by atoms with Crippen molar-refractivity contribution < 1.29 is 4.79 Å². The van der Waals surface area contributed by atoms with Gasteiger partial charge in [-0.25, -0.2) is 9.36 Å². The molecule has 2 N–H and O–H groups in total. The van der Waals surface area contributed by atoms with Crippen molar-refractivity contribution in [2.75, 3.05) is 5.32 Å². The molecule has 0 saturated heterocycles. The molecule has 0 aliphatic heterocycles. The molecule has 0 radical (unpaired) electrons. The van der Waals surface area contributed by atoms with Crippen LogP contribution >= 0.6 is 23.2 Å². The number of halogens is 2. The molecule has 8 heteroatoms. The predicted octanol–water partition coefficient (Wildman–Crippen LogP) is 3.20. The van der Waals surface area contributed by atoms with Crippen LogP contribution in [0.2, 0.25) is 10.0 Å². The Hall–Kier alpha value is -2.57. The molecule has 3 rings (SSSR count). The van der Waals surface area contributed by atoms with Crippen LogP contribution in [0.15, 0.2) is 52.1 Å². The highest BCUT2D eigenvalue weighted by atomic mass is 35.5. The number of H-pyrrole nitrogens is 1. The minimum Gasteiger partial charge on any atom is -0.324 e. The van der Waals surface area contributed by atoms with E-state index in [0.717, 1.165) is 4.57 Å². The lowest BCUT2D eigenvalue weighted by Gasteiger charge is -2.15. The normalized spacial score (nSPS) is 12.1. The van der Waals surface area contributed by atoms with Crippen LogP contribution in [0.3, 0.4) is 0 Å². The van der Waals surface area contributed by atoms with E-state index in [2.05, 4.69) is 10.3 Å². The summed E-state index contributed by atoms with van der Waals surface area (Å²) in [4.78, 5) is 39.9. The van der Waals surface area contributed by atoms with E-state index in [4.69, 9.17) is 23.2 Å². The van der Waals surface area contributed by atoms with Gasteiger partial charge in [0, 0.05) is 5.69 Å². The standard InChI is InChI=1S/C17H13Cl2N3O3/c1-9(15(23)20-10-6-7-12(18)13(19)8-10)22-16(24)11-4-2-3-5-14(11)21-17(22)25/h2-9H,1H3,(H,20,23)(H,21,25)/t9-/m0/s1. The van der Waals surface area contributed by atoms with Gasteiger partial charge in [-0.3, -0.25) is 9.59 Å². The van der Waals surface area contributed by atoms with E-state index in [-0.39, 0.29) is 5.02 Å². The lowest BCUT2D eigenvalue weighted by molar-refractivity contribution is -0.118. The summed E-state index contributed by atoms with van der Waals surface area (Å²) in [7, 11) is 0. The first-order valence-electron chi connectivity index (χ1n) is 7.38. The van der Waals surface area contributed by atoms with Gasteiger partial charge >= 0.3 is 5.69 Å². The Morgan fingerprint density at radius 2 is 1.84 bits per heavy atom. The summed E-state index contributed by atoms with van der Waals surface area (Å²) in [5.41, 5.74) is -0.348. The van der Waals surface area contributed by atoms with E-state index in [1.165, 1.54) is 13.0 Å². The van der Waals surface area contributed by atoms with Crippen LogP contribution in [-0.4, -0.2) is 15.5 Å². The second-order valence-corrected chi connectivity index (χ2v) is 6.26. The number of carbonyl (C=O) groups excluding carboxylic acids is 1. The minimum absolute atomic E-state index is 0.285. The average Bonchev–Trinajstić information content (AvgIpc) is 2.58. The second-order valence-electron chi connectivity index (χ2n) is 5.45. The summed E-state index contributed by atoms with van der Waals surface area (Å²) >= 11 is 11.8. The fourth-order valence-electron chi connectivity index (χ4n) is 2.47. The number of para-hydroxylation sites is 1. The van der Waals surface area contributed by atoms with E-state index in [1.807, 2.05) is 0 Å². The summed E-state index contributed by atoms with van der Waals surface area (Å²) in [6.45, 7) is 1.47. The number of aromatic nitrogens is 2. The summed E-state index contributed by atoms with van der Waals surface area (Å²) < 4.78 is 0.884. The van der Waals surface area contributed by atoms with Crippen molar-refractivity contribution in [1.82, 2.24) is 9.55 Å². The molecule has 0 saturated carbocycles. The number of hydrogen-bond acceptors (Lipinski definition) is 3. The Labute approximate surface area is 152 Å². The van der Waals surface area contributed by atoms with Crippen LogP contribution in [0.25, 0.3) is 10.9 Å². The number of hydrogen-bond donors (Lipinski definition) is 2. The maximum atomic E-state index is 12.6. The van der Waals surface area contributed by atoms with Crippen molar-refractivity contribution >= 4 is 45.7 Å². The number of rotatable bonds is 3. The van der Waals surface area contributed by atoms with E-state index in [0.29, 0.717) is 21.6 Å². The molecule has 0 aliphatic carbocycles. The molecule has 6 nitrogen and oxygen atoms in total. The Morgan fingerprint density at radius 3 is 2.56 bits per heavy atom. The Bertz CT molecular complexity index is 1090. The molecule has 2 aromatic carbocycles. The third-order valence-corrected chi connectivity index (χ3v) is 4.53. The number of amides is 1. The van der Waals surface area contributed by atoms with Crippen LogP contribution in [0.4, 0.5) is 5.69 Å². The third kappa shape index (κ3) is 3.31. The van der Waals surface area contributed by atoms with Crippen molar-refractivity contribution in [2.24, 2.45) is 0 Å². The fraction of sp³-hybridized carbons (Fsp3) is 0.118. The van der Waals surface area contributed by atoms with Crippen molar-refractivity contribution in [1.29, 1.82) is 0 Å². The molecule has 25 heavy (non-hydrogen) atoms. The van der Waals surface area contributed by atoms with Gasteiger partial charge in [-0.05, 0) is 37.3 Å². The zero-order valence-corrected chi connectivity index (χ0v) is 14.6. The molecule has 0 bridgehead atoms. The van der Waals surface area contributed by atoms with Gasteiger partial charge in [0.2, 0.25) is 5.91 Å². The monoisotopic (exact) mass is 377 g/mol. The van der Waals surface area contributed by atoms with Gasteiger partial charge in [0.25, 0.3) is 5.56 Å². The zero-order valence-electron chi connectivity index (χ0n) is 13.0. The van der Waals surface area contributed by atoms with Gasteiger partial charge in [-0.2, -0.15) is 0 Å². The largest absolute Gasteiger partial charge is 0.329 e. The van der Waals surface area contributed by atoms with Crippen LogP contribution < -0.4 is 16.6 Å².